The average molecular weight is 378 g/mol. The van der Waals surface area contributed by atoms with E-state index >= 15 is 0 Å². The van der Waals surface area contributed by atoms with Crippen molar-refractivity contribution in [1.29, 1.82) is 0 Å². The molecule has 3 nitrogen and oxygen atoms in total. The van der Waals surface area contributed by atoms with Crippen molar-refractivity contribution in [2.24, 2.45) is 0 Å². The van der Waals surface area contributed by atoms with Crippen LogP contribution in [-0.2, 0) is 5.41 Å². The Labute approximate surface area is 161 Å². The Hall–Kier alpha value is -2.79. The number of ether oxygens (including phenoxy) is 1. The topological polar surface area (TPSA) is 35.0 Å². The summed E-state index contributed by atoms with van der Waals surface area (Å²) in [7, 11) is 0. The summed E-state index contributed by atoms with van der Waals surface area (Å²) in [6, 6.07) is 16.5. The van der Waals surface area contributed by atoms with Gasteiger partial charge in [0.2, 0.25) is 5.88 Å². The van der Waals surface area contributed by atoms with Crippen molar-refractivity contribution in [1.82, 2.24) is 9.97 Å². The molecule has 5 heteroatoms. The van der Waals surface area contributed by atoms with Crippen molar-refractivity contribution < 1.29 is 9.13 Å². The summed E-state index contributed by atoms with van der Waals surface area (Å²) in [4.78, 5) is 10.8. The van der Waals surface area contributed by atoms with E-state index in [1.54, 1.807) is 29.5 Å². The molecule has 4 aromatic rings. The van der Waals surface area contributed by atoms with Gasteiger partial charge in [0.25, 0.3) is 0 Å². The molecule has 4 rings (SSSR count). The standard InChI is InChI=1S/C22H19FN2OS/c1-22(2,3)19-17(14-9-5-4-6-10-14)18-20(24-13-25-21(18)27-19)26-16-12-8-7-11-15(16)23/h4-13H,1-3H3. The van der Waals surface area contributed by atoms with Crippen LogP contribution in [0.5, 0.6) is 11.6 Å². The molecule has 0 saturated heterocycles. The lowest BCUT2D eigenvalue weighted by Crippen LogP contribution is -2.10. The number of para-hydroxylation sites is 1. The van der Waals surface area contributed by atoms with E-state index in [-0.39, 0.29) is 11.2 Å². The quantitative estimate of drug-likeness (QED) is 0.403. The summed E-state index contributed by atoms with van der Waals surface area (Å²) in [5, 5.41) is 0.821. The van der Waals surface area contributed by atoms with Crippen molar-refractivity contribution in [3.8, 4) is 22.8 Å². The Balaban J connectivity index is 1.99. The van der Waals surface area contributed by atoms with Gasteiger partial charge in [-0.1, -0.05) is 63.2 Å². The lowest BCUT2D eigenvalue weighted by molar-refractivity contribution is 0.432. The minimum absolute atomic E-state index is 0.0776. The third kappa shape index (κ3) is 3.30. The second-order valence-electron chi connectivity index (χ2n) is 7.31. The molecule has 0 aliphatic carbocycles. The molecule has 0 saturated carbocycles. The predicted molar refractivity (Wildman–Crippen MR) is 108 cm³/mol. The number of hydrogen-bond acceptors (Lipinski definition) is 4. The number of rotatable bonds is 3. The van der Waals surface area contributed by atoms with Crippen LogP contribution < -0.4 is 4.74 Å². The molecule has 0 unspecified atom stereocenters. The second-order valence-corrected chi connectivity index (χ2v) is 8.31. The SMILES string of the molecule is CC(C)(C)c1sc2ncnc(Oc3ccccc3F)c2c1-c1ccccc1. The van der Waals surface area contributed by atoms with E-state index in [1.807, 2.05) is 18.2 Å². The molecule has 0 aliphatic heterocycles. The molecule has 136 valence electrons. The Kier molecular flexibility index (Phi) is 4.40. The van der Waals surface area contributed by atoms with Crippen LogP contribution in [0.25, 0.3) is 21.3 Å². The van der Waals surface area contributed by atoms with Crippen molar-refractivity contribution in [2.75, 3.05) is 0 Å². The van der Waals surface area contributed by atoms with E-state index in [0.717, 1.165) is 21.3 Å². The molecule has 0 aliphatic rings. The summed E-state index contributed by atoms with van der Waals surface area (Å²) >= 11 is 1.63. The minimum atomic E-state index is -0.420. The van der Waals surface area contributed by atoms with Gasteiger partial charge in [-0.05, 0) is 23.1 Å². The van der Waals surface area contributed by atoms with Crippen LogP contribution in [0.15, 0.2) is 60.9 Å². The molecule has 0 spiro atoms. The number of halogens is 1. The summed E-state index contributed by atoms with van der Waals surface area (Å²) < 4.78 is 20.0. The monoisotopic (exact) mass is 378 g/mol. The highest BCUT2D eigenvalue weighted by molar-refractivity contribution is 7.19. The molecule has 27 heavy (non-hydrogen) atoms. The van der Waals surface area contributed by atoms with Crippen LogP contribution in [0.3, 0.4) is 0 Å². The molecule has 0 amide bonds. The maximum absolute atomic E-state index is 14.1. The van der Waals surface area contributed by atoms with Crippen LogP contribution in [0.2, 0.25) is 0 Å². The van der Waals surface area contributed by atoms with Gasteiger partial charge in [0, 0.05) is 10.4 Å². The van der Waals surface area contributed by atoms with E-state index in [0.29, 0.717) is 5.88 Å². The van der Waals surface area contributed by atoms with E-state index in [9.17, 15) is 4.39 Å². The summed E-state index contributed by atoms with van der Waals surface area (Å²) in [5.74, 6) is 0.104. The molecule has 0 radical (unpaired) electrons. The molecule has 0 fully saturated rings. The molecule has 2 aromatic heterocycles. The number of thiophene rings is 1. The number of benzene rings is 2. The lowest BCUT2D eigenvalue weighted by Gasteiger charge is -2.19. The number of fused-ring (bicyclic) bond motifs is 1. The molecule has 0 bridgehead atoms. The number of nitrogens with zero attached hydrogens (tertiary/aromatic N) is 2. The summed E-state index contributed by atoms with van der Waals surface area (Å²) in [6.07, 6.45) is 1.47. The van der Waals surface area contributed by atoms with Gasteiger partial charge in [-0.3, -0.25) is 0 Å². The highest BCUT2D eigenvalue weighted by atomic mass is 32.1. The highest BCUT2D eigenvalue weighted by Gasteiger charge is 2.27. The molecule has 0 atom stereocenters. The van der Waals surface area contributed by atoms with Crippen molar-refractivity contribution in [2.45, 2.75) is 26.2 Å². The Morgan fingerprint density at radius 1 is 0.926 bits per heavy atom. The lowest BCUT2D eigenvalue weighted by atomic mass is 9.88. The fraction of sp³-hybridized carbons (Fsp3) is 0.182. The van der Waals surface area contributed by atoms with E-state index in [1.165, 1.54) is 17.3 Å². The Morgan fingerprint density at radius 3 is 2.33 bits per heavy atom. The molecular formula is C22H19FN2OS. The molecule has 2 aromatic carbocycles. The van der Waals surface area contributed by atoms with Gasteiger partial charge in [0.15, 0.2) is 11.6 Å². The van der Waals surface area contributed by atoms with Gasteiger partial charge >= 0.3 is 0 Å². The van der Waals surface area contributed by atoms with Gasteiger partial charge in [-0.15, -0.1) is 11.3 Å². The average Bonchev–Trinajstić information content (AvgIpc) is 3.05. The Bertz CT molecular complexity index is 1100. The molecular weight excluding hydrogens is 359 g/mol. The minimum Gasteiger partial charge on any atom is -0.435 e. The van der Waals surface area contributed by atoms with Crippen LogP contribution in [0.4, 0.5) is 4.39 Å². The van der Waals surface area contributed by atoms with Crippen molar-refractivity contribution >= 4 is 21.6 Å². The zero-order valence-electron chi connectivity index (χ0n) is 15.4. The fourth-order valence-corrected chi connectivity index (χ4v) is 4.24. The van der Waals surface area contributed by atoms with Crippen LogP contribution in [0, 0.1) is 5.82 Å². The normalized spacial score (nSPS) is 11.7. The van der Waals surface area contributed by atoms with E-state index in [4.69, 9.17) is 4.74 Å². The van der Waals surface area contributed by atoms with Crippen LogP contribution in [0.1, 0.15) is 25.6 Å². The van der Waals surface area contributed by atoms with Gasteiger partial charge in [-0.2, -0.15) is 0 Å². The first-order chi connectivity index (χ1) is 12.9. The number of aromatic nitrogens is 2. The first-order valence-corrected chi connectivity index (χ1v) is 9.52. The first-order valence-electron chi connectivity index (χ1n) is 8.71. The van der Waals surface area contributed by atoms with Crippen LogP contribution in [-0.4, -0.2) is 9.97 Å². The smallest absolute Gasteiger partial charge is 0.231 e. The summed E-state index contributed by atoms with van der Waals surface area (Å²) in [6.45, 7) is 6.53. The zero-order valence-corrected chi connectivity index (χ0v) is 16.2. The second kappa shape index (κ2) is 6.74. The predicted octanol–water partition coefficient (Wildman–Crippen LogP) is 6.59. The summed E-state index contributed by atoms with van der Waals surface area (Å²) in [5.41, 5.74) is 2.04. The Morgan fingerprint density at radius 2 is 1.63 bits per heavy atom. The molecule has 2 heterocycles. The maximum Gasteiger partial charge on any atom is 0.231 e. The third-order valence-electron chi connectivity index (χ3n) is 4.24. The fourth-order valence-electron chi connectivity index (χ4n) is 3.02. The van der Waals surface area contributed by atoms with Crippen molar-refractivity contribution in [3.63, 3.8) is 0 Å². The van der Waals surface area contributed by atoms with Gasteiger partial charge in [0.05, 0.1) is 5.39 Å². The van der Waals surface area contributed by atoms with Crippen molar-refractivity contribution in [3.05, 3.63) is 71.6 Å². The highest BCUT2D eigenvalue weighted by Crippen LogP contribution is 2.47. The molecule has 0 N–H and O–H groups in total. The van der Waals surface area contributed by atoms with E-state index < -0.39 is 5.82 Å². The zero-order chi connectivity index (χ0) is 19.0. The number of hydrogen-bond donors (Lipinski definition) is 0. The maximum atomic E-state index is 14.1. The van der Waals surface area contributed by atoms with Gasteiger partial charge in [-0.25, -0.2) is 14.4 Å². The first kappa shape index (κ1) is 17.6. The van der Waals surface area contributed by atoms with Gasteiger partial charge < -0.3 is 4.74 Å². The van der Waals surface area contributed by atoms with Gasteiger partial charge in [0.1, 0.15) is 11.2 Å². The third-order valence-corrected chi connectivity index (χ3v) is 5.76. The van der Waals surface area contributed by atoms with E-state index in [2.05, 4.69) is 42.9 Å². The van der Waals surface area contributed by atoms with Crippen LogP contribution >= 0.6 is 11.3 Å². The largest absolute Gasteiger partial charge is 0.435 e.